The maximum atomic E-state index is 12.2. The highest BCUT2D eigenvalue weighted by atomic mass is 32.2. The van der Waals surface area contributed by atoms with Gasteiger partial charge in [-0.05, 0) is 31.2 Å². The van der Waals surface area contributed by atoms with Crippen LogP contribution < -0.4 is 10.1 Å². The first-order valence-corrected chi connectivity index (χ1v) is 9.65. The fourth-order valence-corrected chi connectivity index (χ4v) is 3.45. The number of rotatable bonds is 9. The monoisotopic (exact) mass is 398 g/mol. The van der Waals surface area contributed by atoms with Crippen LogP contribution in [0, 0.1) is 0 Å². The van der Waals surface area contributed by atoms with E-state index in [1.165, 1.54) is 11.8 Å². The molecule has 0 spiro atoms. The predicted octanol–water partition coefficient (Wildman–Crippen LogP) is 3.38. The SMILES string of the molecule is C=CCNC(=O)[C@@H](C)Sc1nnc(-c2cccc(OC)c2)n1Cc1ccco1. The van der Waals surface area contributed by atoms with Gasteiger partial charge in [0, 0.05) is 12.1 Å². The number of furan rings is 1. The zero-order valence-corrected chi connectivity index (χ0v) is 16.6. The first-order chi connectivity index (χ1) is 13.6. The summed E-state index contributed by atoms with van der Waals surface area (Å²) in [5.41, 5.74) is 0.869. The van der Waals surface area contributed by atoms with Crippen molar-refractivity contribution in [2.45, 2.75) is 23.9 Å². The molecule has 1 aromatic carbocycles. The van der Waals surface area contributed by atoms with Crippen LogP contribution in [0.1, 0.15) is 12.7 Å². The van der Waals surface area contributed by atoms with Gasteiger partial charge in [0.25, 0.3) is 0 Å². The Kier molecular flexibility index (Phi) is 6.54. The van der Waals surface area contributed by atoms with E-state index in [0.29, 0.717) is 24.1 Å². The van der Waals surface area contributed by atoms with E-state index in [9.17, 15) is 4.79 Å². The first kappa shape index (κ1) is 19.8. The fourth-order valence-electron chi connectivity index (χ4n) is 2.58. The van der Waals surface area contributed by atoms with E-state index in [0.717, 1.165) is 17.1 Å². The number of thioether (sulfide) groups is 1. The van der Waals surface area contributed by atoms with E-state index in [-0.39, 0.29) is 11.2 Å². The molecule has 8 heteroatoms. The number of amides is 1. The van der Waals surface area contributed by atoms with Gasteiger partial charge in [-0.2, -0.15) is 0 Å². The van der Waals surface area contributed by atoms with E-state index < -0.39 is 0 Å². The van der Waals surface area contributed by atoms with Crippen molar-refractivity contribution in [1.29, 1.82) is 0 Å². The summed E-state index contributed by atoms with van der Waals surface area (Å²) in [5, 5.41) is 11.8. The van der Waals surface area contributed by atoms with Crippen LogP contribution in [0.2, 0.25) is 0 Å². The Morgan fingerprint density at radius 1 is 1.39 bits per heavy atom. The van der Waals surface area contributed by atoms with Crippen LogP contribution in [0.25, 0.3) is 11.4 Å². The highest BCUT2D eigenvalue weighted by Crippen LogP contribution is 2.29. The summed E-state index contributed by atoms with van der Waals surface area (Å²) < 4.78 is 12.8. The molecule has 28 heavy (non-hydrogen) atoms. The van der Waals surface area contributed by atoms with E-state index in [4.69, 9.17) is 9.15 Å². The highest BCUT2D eigenvalue weighted by Gasteiger charge is 2.21. The molecule has 0 bridgehead atoms. The van der Waals surface area contributed by atoms with Crippen molar-refractivity contribution in [3.63, 3.8) is 0 Å². The van der Waals surface area contributed by atoms with Gasteiger partial charge in [0.2, 0.25) is 5.91 Å². The van der Waals surface area contributed by atoms with E-state index in [1.54, 1.807) is 19.4 Å². The number of hydrogen-bond acceptors (Lipinski definition) is 6. The summed E-state index contributed by atoms with van der Waals surface area (Å²) in [7, 11) is 1.62. The summed E-state index contributed by atoms with van der Waals surface area (Å²) >= 11 is 1.35. The number of aromatic nitrogens is 3. The highest BCUT2D eigenvalue weighted by molar-refractivity contribution is 8.00. The van der Waals surface area contributed by atoms with E-state index in [1.807, 2.05) is 47.9 Å². The molecule has 2 heterocycles. The van der Waals surface area contributed by atoms with Crippen LogP contribution >= 0.6 is 11.8 Å². The van der Waals surface area contributed by atoms with Gasteiger partial charge < -0.3 is 14.5 Å². The number of benzene rings is 1. The quantitative estimate of drug-likeness (QED) is 0.440. The molecule has 0 fully saturated rings. The van der Waals surface area contributed by atoms with Crippen molar-refractivity contribution >= 4 is 17.7 Å². The molecule has 1 N–H and O–H groups in total. The predicted molar refractivity (Wildman–Crippen MR) is 108 cm³/mol. The smallest absolute Gasteiger partial charge is 0.233 e. The lowest BCUT2D eigenvalue weighted by molar-refractivity contribution is -0.120. The number of hydrogen-bond donors (Lipinski definition) is 1. The molecule has 146 valence electrons. The second-order valence-electron chi connectivity index (χ2n) is 6.00. The van der Waals surface area contributed by atoms with Gasteiger partial charge >= 0.3 is 0 Å². The van der Waals surface area contributed by atoms with Crippen molar-refractivity contribution in [3.8, 4) is 17.1 Å². The molecular weight excluding hydrogens is 376 g/mol. The minimum absolute atomic E-state index is 0.0830. The second kappa shape index (κ2) is 9.27. The van der Waals surface area contributed by atoms with E-state index >= 15 is 0 Å². The van der Waals surface area contributed by atoms with Crippen LogP contribution in [-0.2, 0) is 11.3 Å². The average Bonchev–Trinajstić information content (AvgIpc) is 3.37. The van der Waals surface area contributed by atoms with Crippen LogP contribution in [-0.4, -0.2) is 39.6 Å². The van der Waals surface area contributed by atoms with E-state index in [2.05, 4.69) is 22.1 Å². The summed E-state index contributed by atoms with van der Waals surface area (Å²) in [6.07, 6.45) is 3.28. The van der Waals surface area contributed by atoms with Crippen molar-refractivity contribution in [3.05, 3.63) is 61.1 Å². The van der Waals surface area contributed by atoms with Gasteiger partial charge in [0.15, 0.2) is 11.0 Å². The molecule has 0 saturated heterocycles. The first-order valence-electron chi connectivity index (χ1n) is 8.77. The number of nitrogens with zero attached hydrogens (tertiary/aromatic N) is 3. The normalized spacial score (nSPS) is 11.8. The van der Waals surface area contributed by atoms with Gasteiger partial charge in [-0.25, -0.2) is 0 Å². The van der Waals surface area contributed by atoms with Gasteiger partial charge in [0.1, 0.15) is 11.5 Å². The molecule has 0 aliphatic heterocycles. The lowest BCUT2D eigenvalue weighted by Gasteiger charge is -2.13. The maximum absolute atomic E-state index is 12.2. The lowest BCUT2D eigenvalue weighted by Crippen LogP contribution is -2.31. The lowest BCUT2D eigenvalue weighted by atomic mass is 10.2. The molecule has 3 rings (SSSR count). The van der Waals surface area contributed by atoms with Gasteiger partial charge in [-0.1, -0.05) is 30.0 Å². The van der Waals surface area contributed by atoms with Crippen LogP contribution in [0.4, 0.5) is 0 Å². The summed E-state index contributed by atoms with van der Waals surface area (Å²) in [5.74, 6) is 2.10. The van der Waals surface area contributed by atoms with Crippen LogP contribution in [0.5, 0.6) is 5.75 Å². The maximum Gasteiger partial charge on any atom is 0.233 e. The number of ether oxygens (including phenoxy) is 1. The minimum Gasteiger partial charge on any atom is -0.497 e. The summed E-state index contributed by atoms with van der Waals surface area (Å²) in [6.45, 7) is 6.33. The average molecular weight is 398 g/mol. The van der Waals surface area contributed by atoms with Gasteiger partial charge in [-0.3, -0.25) is 9.36 Å². The summed E-state index contributed by atoms with van der Waals surface area (Å²) in [6, 6.07) is 11.3. The Balaban J connectivity index is 1.92. The standard InChI is InChI=1S/C20H22N4O3S/c1-4-10-21-19(25)14(2)28-20-23-22-18(15-7-5-8-16(12-15)26-3)24(20)13-17-9-6-11-27-17/h4-9,11-12,14H,1,10,13H2,2-3H3,(H,21,25)/t14-/m1/s1. The fraction of sp³-hybridized carbons (Fsp3) is 0.250. The van der Waals surface area contributed by atoms with Crippen LogP contribution in [0.15, 0.2) is 64.9 Å². The molecule has 0 unspecified atom stereocenters. The Morgan fingerprint density at radius 3 is 2.96 bits per heavy atom. The molecular formula is C20H22N4O3S. The largest absolute Gasteiger partial charge is 0.497 e. The van der Waals surface area contributed by atoms with Crippen molar-refractivity contribution < 1.29 is 13.9 Å². The summed E-state index contributed by atoms with van der Waals surface area (Å²) in [4.78, 5) is 12.2. The Labute approximate surface area is 167 Å². The van der Waals surface area contributed by atoms with Gasteiger partial charge in [-0.15, -0.1) is 16.8 Å². The third-order valence-electron chi connectivity index (χ3n) is 4.01. The number of nitrogens with one attached hydrogen (secondary N) is 1. The van der Waals surface area contributed by atoms with Crippen LogP contribution in [0.3, 0.4) is 0 Å². The third-order valence-corrected chi connectivity index (χ3v) is 5.09. The molecule has 0 aliphatic carbocycles. The second-order valence-corrected chi connectivity index (χ2v) is 7.31. The molecule has 0 radical (unpaired) electrons. The molecule has 7 nitrogen and oxygen atoms in total. The topological polar surface area (TPSA) is 82.2 Å². The van der Waals surface area contributed by atoms with Crippen molar-refractivity contribution in [2.75, 3.05) is 13.7 Å². The third kappa shape index (κ3) is 4.64. The van der Waals surface area contributed by atoms with Gasteiger partial charge in [0.05, 0.1) is 25.2 Å². The Bertz CT molecular complexity index is 937. The van der Waals surface area contributed by atoms with Crippen molar-refractivity contribution in [1.82, 2.24) is 20.1 Å². The van der Waals surface area contributed by atoms with Crippen molar-refractivity contribution in [2.24, 2.45) is 0 Å². The Morgan fingerprint density at radius 2 is 2.25 bits per heavy atom. The molecule has 1 atom stereocenters. The number of methoxy groups -OCH3 is 1. The molecule has 0 aliphatic rings. The number of carbonyl (C=O) groups is 1. The number of carbonyl (C=O) groups excluding carboxylic acids is 1. The molecule has 3 aromatic rings. The molecule has 1 amide bonds. The zero-order valence-electron chi connectivity index (χ0n) is 15.8. The zero-order chi connectivity index (χ0) is 19.9. The molecule has 2 aromatic heterocycles. The minimum atomic E-state index is -0.335. The Hall–Kier alpha value is -3.00. The molecule has 0 saturated carbocycles.